The zero-order chi connectivity index (χ0) is 54.3. The molecule has 0 saturated carbocycles. The number of hydrogen-bond donors (Lipinski definition) is 0. The predicted molar refractivity (Wildman–Crippen MR) is 348 cm³/mol. The number of rotatable bonds is 7. The van der Waals surface area contributed by atoms with Crippen LogP contribution in [0, 0.1) is 5.92 Å². The van der Waals surface area contributed by atoms with Crippen LogP contribution in [-0.2, 0) is 6.42 Å². The van der Waals surface area contributed by atoms with Gasteiger partial charge in [0.25, 0.3) is 0 Å². The average Bonchev–Trinajstić information content (AvgIpc) is 3.14. The smallest absolute Gasteiger partial charge is 0.0563 e. The lowest BCUT2D eigenvalue weighted by atomic mass is 9.83. The third kappa shape index (κ3) is 7.01. The molecule has 18 rings (SSSR count). The standard InChI is InChI=1S/C78H57N5/c1-4-22-54(23-5-1)79-73-40-38-52(50-20-18-28-57(42-50)82-71-36-16-12-32-61(71)67-46-75-65(48-77(67)82)59-30-10-14-34-69(59)80(75)55-24-6-2-7-25-55)44-63(73)64-45-53(39-41-74(64)79)51-21-19-29-58(43-51)83-72-37-17-13-33-62(72)68-47-76-66(49-78(68)83)60-31-11-15-35-70(60)81(76)56-26-8-3-9-27-56/h1-10,12-24,26-28,30,32-48,55,58,66H,11,25,29,31,49H2. The molecular formula is C78H57N5. The van der Waals surface area contributed by atoms with Crippen LogP contribution in [0.2, 0.25) is 0 Å². The molecule has 1 aliphatic heterocycles. The Hall–Kier alpha value is -10.1. The van der Waals surface area contributed by atoms with Gasteiger partial charge in [-0.25, -0.2) is 0 Å². The first-order valence-corrected chi connectivity index (χ1v) is 29.7. The van der Waals surface area contributed by atoms with Crippen LogP contribution in [0.4, 0.5) is 5.69 Å². The number of benzene rings is 9. The van der Waals surface area contributed by atoms with Gasteiger partial charge in [0.2, 0.25) is 0 Å². The molecule has 4 aromatic heterocycles. The lowest BCUT2D eigenvalue weighted by molar-refractivity contribution is 0.570. The number of para-hydroxylation sites is 5. The Kier molecular flexibility index (Phi) is 10.2. The van der Waals surface area contributed by atoms with E-state index in [1.54, 1.807) is 5.57 Å². The first kappa shape index (κ1) is 46.6. The highest BCUT2D eigenvalue weighted by atomic mass is 15.2. The molecule has 3 atom stereocenters. The molecule has 5 nitrogen and oxygen atoms in total. The summed E-state index contributed by atoms with van der Waals surface area (Å²) >= 11 is 0. The van der Waals surface area contributed by atoms with Crippen molar-refractivity contribution in [1.29, 1.82) is 0 Å². The lowest BCUT2D eigenvalue weighted by Gasteiger charge is -2.30. The van der Waals surface area contributed by atoms with E-state index in [0.717, 1.165) is 43.5 Å². The van der Waals surface area contributed by atoms with Gasteiger partial charge in [0.05, 0.1) is 39.7 Å². The number of allylic oxidation sites excluding steroid dienone is 11. The van der Waals surface area contributed by atoms with Gasteiger partial charge in [0.15, 0.2) is 0 Å². The van der Waals surface area contributed by atoms with Crippen LogP contribution in [-0.4, -0.2) is 18.3 Å². The van der Waals surface area contributed by atoms with Crippen molar-refractivity contribution in [2.75, 3.05) is 4.90 Å². The second-order valence-corrected chi connectivity index (χ2v) is 23.4. The molecule has 13 aromatic rings. The number of aromatic nitrogens is 4. The third-order valence-electron chi connectivity index (χ3n) is 18.9. The van der Waals surface area contributed by atoms with E-state index in [9.17, 15) is 0 Å². The van der Waals surface area contributed by atoms with E-state index in [-0.39, 0.29) is 12.1 Å². The largest absolute Gasteiger partial charge is 0.337 e. The van der Waals surface area contributed by atoms with Crippen molar-refractivity contribution < 1.29 is 0 Å². The first-order valence-electron chi connectivity index (χ1n) is 29.7. The Bertz CT molecular complexity index is 5130. The molecule has 5 heteroatoms. The average molecular weight is 1060 g/mol. The van der Waals surface area contributed by atoms with Gasteiger partial charge >= 0.3 is 0 Å². The molecule has 0 amide bonds. The molecule has 0 radical (unpaired) electrons. The summed E-state index contributed by atoms with van der Waals surface area (Å²) in [6.07, 6.45) is 28.8. The van der Waals surface area contributed by atoms with Crippen LogP contribution in [0.5, 0.6) is 0 Å². The van der Waals surface area contributed by atoms with E-state index >= 15 is 0 Å². The van der Waals surface area contributed by atoms with Crippen molar-refractivity contribution in [3.8, 4) is 22.5 Å². The van der Waals surface area contributed by atoms with E-state index in [1.807, 2.05) is 0 Å². The molecule has 0 fully saturated rings. The van der Waals surface area contributed by atoms with Gasteiger partial charge in [-0.1, -0.05) is 164 Å². The van der Waals surface area contributed by atoms with Gasteiger partial charge in [-0.3, -0.25) is 0 Å². The van der Waals surface area contributed by atoms with Crippen LogP contribution >= 0.6 is 0 Å². The van der Waals surface area contributed by atoms with Gasteiger partial charge in [0, 0.05) is 101 Å². The second kappa shape index (κ2) is 18.2. The van der Waals surface area contributed by atoms with Crippen LogP contribution in [0.1, 0.15) is 54.6 Å². The van der Waals surface area contributed by atoms with E-state index < -0.39 is 0 Å². The van der Waals surface area contributed by atoms with Gasteiger partial charge in [-0.2, -0.15) is 0 Å². The Morgan fingerprint density at radius 3 is 1.81 bits per heavy atom. The molecule has 394 valence electrons. The number of anilines is 1. The third-order valence-corrected chi connectivity index (χ3v) is 18.9. The molecule has 5 heterocycles. The maximum Gasteiger partial charge on any atom is 0.0563 e. The molecule has 0 bridgehead atoms. The SMILES string of the molecule is C1=CCC(n2c3ccccc3c3cc4c(cc32)c2ccccc2n4-c2cccc(-c3ccc4c(c3)c3cc(C5=CC(n6c7c(c8ccccc86)C=C6C(C7)C7=C(C=CCC7)N6c6ccccc6)CC=C5)ccc3n4-c3ccccc3)c2)C=C1. The zero-order valence-corrected chi connectivity index (χ0v) is 45.9. The highest BCUT2D eigenvalue weighted by Crippen LogP contribution is 2.52. The summed E-state index contributed by atoms with van der Waals surface area (Å²) < 4.78 is 10.2. The van der Waals surface area contributed by atoms with E-state index in [2.05, 4.69) is 290 Å². The van der Waals surface area contributed by atoms with Crippen LogP contribution < -0.4 is 4.90 Å². The fourth-order valence-electron chi connectivity index (χ4n) is 15.4. The van der Waals surface area contributed by atoms with E-state index in [1.165, 1.54) is 127 Å². The maximum absolute atomic E-state index is 2.71. The summed E-state index contributed by atoms with van der Waals surface area (Å²) in [7, 11) is 0. The maximum atomic E-state index is 2.71. The minimum Gasteiger partial charge on any atom is -0.337 e. The first-order chi connectivity index (χ1) is 41.2. The quantitative estimate of drug-likeness (QED) is 0.156. The predicted octanol–water partition coefficient (Wildman–Crippen LogP) is 19.9. The number of hydrogen-bond acceptors (Lipinski definition) is 1. The van der Waals surface area contributed by atoms with Gasteiger partial charge < -0.3 is 23.2 Å². The van der Waals surface area contributed by atoms with Crippen molar-refractivity contribution >= 4 is 93.7 Å². The molecular weight excluding hydrogens is 1010 g/mol. The van der Waals surface area contributed by atoms with Crippen molar-refractivity contribution in [2.45, 2.75) is 44.2 Å². The Morgan fingerprint density at radius 1 is 0.398 bits per heavy atom. The van der Waals surface area contributed by atoms with Crippen molar-refractivity contribution in [1.82, 2.24) is 18.3 Å². The molecule has 83 heavy (non-hydrogen) atoms. The topological polar surface area (TPSA) is 23.0 Å². The summed E-state index contributed by atoms with van der Waals surface area (Å²) in [6.45, 7) is 0. The van der Waals surface area contributed by atoms with Gasteiger partial charge in [0.1, 0.15) is 0 Å². The highest BCUT2D eigenvalue weighted by Gasteiger charge is 2.41. The molecule has 0 spiro atoms. The molecule has 9 aromatic carbocycles. The molecule has 0 saturated heterocycles. The Balaban J connectivity index is 0.758. The fourth-order valence-corrected chi connectivity index (χ4v) is 15.4. The lowest BCUT2D eigenvalue weighted by Crippen LogP contribution is -2.23. The second-order valence-electron chi connectivity index (χ2n) is 23.4. The highest BCUT2D eigenvalue weighted by molar-refractivity contribution is 6.19. The monoisotopic (exact) mass is 1060 g/mol. The van der Waals surface area contributed by atoms with Crippen molar-refractivity contribution in [3.63, 3.8) is 0 Å². The molecule has 5 aliphatic rings. The van der Waals surface area contributed by atoms with Crippen LogP contribution in [0.15, 0.2) is 278 Å². The number of nitrogens with zero attached hydrogens (tertiary/aromatic N) is 5. The summed E-state index contributed by atoms with van der Waals surface area (Å²) in [6, 6.07) is 77.7. The number of fused-ring (bicyclic) bond motifs is 14. The summed E-state index contributed by atoms with van der Waals surface area (Å²) in [5, 5.41) is 8.93. The Morgan fingerprint density at radius 2 is 1.01 bits per heavy atom. The van der Waals surface area contributed by atoms with Gasteiger partial charge in [-0.15, -0.1) is 0 Å². The van der Waals surface area contributed by atoms with E-state index in [0.29, 0.717) is 5.92 Å². The van der Waals surface area contributed by atoms with Gasteiger partial charge in [-0.05, 0) is 157 Å². The minimum absolute atomic E-state index is 0.169. The van der Waals surface area contributed by atoms with E-state index in [4.69, 9.17) is 0 Å². The fraction of sp³-hybridized carbons (Fsp3) is 0.103. The van der Waals surface area contributed by atoms with Crippen molar-refractivity contribution in [3.05, 3.63) is 295 Å². The zero-order valence-electron chi connectivity index (χ0n) is 45.9. The molecule has 4 aliphatic carbocycles. The van der Waals surface area contributed by atoms with Crippen LogP contribution in [0.3, 0.4) is 0 Å². The summed E-state index contributed by atoms with van der Waals surface area (Å²) in [4.78, 5) is 2.55. The summed E-state index contributed by atoms with van der Waals surface area (Å²) in [5.41, 5.74) is 24.3. The molecule has 3 unspecified atom stereocenters. The normalized spacial score (nSPS) is 18.4. The molecule has 0 N–H and O–H groups in total. The Labute approximate surface area is 481 Å². The minimum atomic E-state index is 0.169. The van der Waals surface area contributed by atoms with Crippen molar-refractivity contribution in [2.24, 2.45) is 5.92 Å². The van der Waals surface area contributed by atoms with Crippen LogP contribution in [0.25, 0.3) is 110 Å². The summed E-state index contributed by atoms with van der Waals surface area (Å²) in [5.74, 6) is 0.354.